The summed E-state index contributed by atoms with van der Waals surface area (Å²) in [5, 5.41) is 8.90. The van der Waals surface area contributed by atoms with E-state index in [4.69, 9.17) is 10.00 Å². The molecular formula is C34H34F2N4O4. The summed E-state index contributed by atoms with van der Waals surface area (Å²) >= 11 is 0. The molecule has 10 heteroatoms. The van der Waals surface area contributed by atoms with Crippen molar-refractivity contribution in [3.8, 4) is 11.8 Å². The summed E-state index contributed by atoms with van der Waals surface area (Å²) < 4.78 is 34.1. The van der Waals surface area contributed by atoms with Gasteiger partial charge >= 0.3 is 0 Å². The van der Waals surface area contributed by atoms with Crippen molar-refractivity contribution >= 4 is 17.5 Å². The number of pyridine rings is 1. The number of nitriles is 1. The Morgan fingerprint density at radius 2 is 1.73 bits per heavy atom. The normalized spacial score (nSPS) is 19.3. The van der Waals surface area contributed by atoms with E-state index in [0.717, 1.165) is 0 Å². The van der Waals surface area contributed by atoms with E-state index in [0.29, 0.717) is 67.9 Å². The van der Waals surface area contributed by atoms with Gasteiger partial charge in [0.2, 0.25) is 0 Å². The van der Waals surface area contributed by atoms with Crippen molar-refractivity contribution in [3.05, 3.63) is 94.6 Å². The lowest BCUT2D eigenvalue weighted by Gasteiger charge is -2.34. The quantitative estimate of drug-likeness (QED) is 0.308. The summed E-state index contributed by atoms with van der Waals surface area (Å²) in [5.41, 5.74) is 1.81. The SMILES string of the molecule is COc1ccc(C(=O)C2CCN(C(=O)c3ccc(C(=O)CC4CCN(Cc5ccc(C#N)c(F)c5)C[C@H]4F)cn3)CC2)cc1. The van der Waals surface area contributed by atoms with Gasteiger partial charge in [0.15, 0.2) is 11.6 Å². The van der Waals surface area contributed by atoms with Crippen molar-refractivity contribution in [3.63, 3.8) is 0 Å². The standard InChI is InChI=1S/C34H34F2N4O4/c1-44-28-7-4-23(5-8-28)33(42)24-11-14-40(15-12-24)34(43)31-9-6-27(19-38-31)32(41)17-25-10-13-39(21-30(25)36)20-22-2-3-26(18-37)29(35)16-22/h2-9,16,19,24-25,30H,10-15,17,20-21H2,1H3/t25?,30-/m1/s1. The predicted octanol–water partition coefficient (Wildman–Crippen LogP) is 5.27. The molecule has 2 aromatic carbocycles. The monoisotopic (exact) mass is 600 g/mol. The van der Waals surface area contributed by atoms with Crippen molar-refractivity contribution < 1.29 is 27.9 Å². The van der Waals surface area contributed by atoms with Crippen molar-refractivity contribution in [1.29, 1.82) is 5.26 Å². The van der Waals surface area contributed by atoms with Crippen LogP contribution in [0.5, 0.6) is 5.75 Å². The van der Waals surface area contributed by atoms with E-state index < -0.39 is 17.9 Å². The largest absolute Gasteiger partial charge is 0.497 e. The summed E-state index contributed by atoms with van der Waals surface area (Å²) in [4.78, 5) is 46.7. The smallest absolute Gasteiger partial charge is 0.272 e. The van der Waals surface area contributed by atoms with Crippen LogP contribution < -0.4 is 4.74 Å². The predicted molar refractivity (Wildman–Crippen MR) is 159 cm³/mol. The van der Waals surface area contributed by atoms with E-state index >= 15 is 4.39 Å². The van der Waals surface area contributed by atoms with Crippen molar-refractivity contribution in [1.82, 2.24) is 14.8 Å². The van der Waals surface area contributed by atoms with Crippen LogP contribution in [-0.4, -0.2) is 71.7 Å². The summed E-state index contributed by atoms with van der Waals surface area (Å²) in [5.74, 6) is -0.937. The molecular weight excluding hydrogens is 566 g/mol. The zero-order valence-corrected chi connectivity index (χ0v) is 24.5. The third kappa shape index (κ3) is 7.17. The number of ketones is 2. The molecule has 8 nitrogen and oxygen atoms in total. The van der Waals surface area contributed by atoms with E-state index in [2.05, 4.69) is 4.98 Å². The van der Waals surface area contributed by atoms with Crippen molar-refractivity contribution in [2.45, 2.75) is 38.4 Å². The number of amides is 1. The highest BCUT2D eigenvalue weighted by atomic mass is 19.1. The second-order valence-corrected chi connectivity index (χ2v) is 11.4. The number of hydrogen-bond donors (Lipinski definition) is 0. The molecule has 1 aromatic heterocycles. The molecule has 5 rings (SSSR count). The number of halogens is 2. The molecule has 3 aromatic rings. The molecule has 0 radical (unpaired) electrons. The lowest BCUT2D eigenvalue weighted by molar-refractivity contribution is 0.0644. The number of rotatable bonds is 9. The van der Waals surface area contributed by atoms with Crippen LogP contribution >= 0.6 is 0 Å². The third-order valence-electron chi connectivity index (χ3n) is 8.60. The highest BCUT2D eigenvalue weighted by molar-refractivity contribution is 5.99. The Bertz CT molecular complexity index is 1550. The minimum Gasteiger partial charge on any atom is -0.497 e. The van der Waals surface area contributed by atoms with Gasteiger partial charge in [-0.1, -0.05) is 6.07 Å². The van der Waals surface area contributed by atoms with Gasteiger partial charge in [-0.25, -0.2) is 8.78 Å². The minimum atomic E-state index is -1.22. The number of Topliss-reactive ketones (excluding diaryl/α,β-unsaturated/α-hetero) is 2. The molecule has 2 atom stereocenters. The van der Waals surface area contributed by atoms with E-state index in [1.165, 1.54) is 24.4 Å². The van der Waals surface area contributed by atoms with Gasteiger partial charge in [-0.15, -0.1) is 0 Å². The first-order valence-corrected chi connectivity index (χ1v) is 14.8. The third-order valence-corrected chi connectivity index (χ3v) is 8.60. The van der Waals surface area contributed by atoms with E-state index in [9.17, 15) is 18.8 Å². The number of carbonyl (C=O) groups is 3. The molecule has 228 valence electrons. The molecule has 2 saturated heterocycles. The zero-order valence-electron chi connectivity index (χ0n) is 24.5. The number of benzene rings is 2. The zero-order chi connectivity index (χ0) is 31.2. The van der Waals surface area contributed by atoms with Crippen LogP contribution in [-0.2, 0) is 6.54 Å². The van der Waals surface area contributed by atoms with E-state index in [1.54, 1.807) is 54.5 Å². The number of hydrogen-bond acceptors (Lipinski definition) is 7. The number of methoxy groups -OCH3 is 1. The van der Waals surface area contributed by atoms with Crippen molar-refractivity contribution in [2.24, 2.45) is 11.8 Å². The molecule has 44 heavy (non-hydrogen) atoms. The number of ether oxygens (including phenoxy) is 1. The average Bonchev–Trinajstić information content (AvgIpc) is 3.05. The van der Waals surface area contributed by atoms with Gasteiger partial charge in [0.1, 0.15) is 29.5 Å². The van der Waals surface area contributed by atoms with E-state index in [1.807, 2.05) is 4.90 Å². The van der Waals surface area contributed by atoms with Crippen LogP contribution in [0.3, 0.4) is 0 Å². The second-order valence-electron chi connectivity index (χ2n) is 11.4. The fraction of sp³-hybridized carbons (Fsp3) is 0.382. The number of likely N-dealkylation sites (tertiary alicyclic amines) is 2. The number of piperidine rings is 2. The van der Waals surface area contributed by atoms with Crippen LogP contribution in [0.4, 0.5) is 8.78 Å². The van der Waals surface area contributed by atoms with Gasteiger partial charge < -0.3 is 9.64 Å². The van der Waals surface area contributed by atoms with Crippen molar-refractivity contribution in [2.75, 3.05) is 33.3 Å². The molecule has 1 amide bonds. The first kappa shape index (κ1) is 31.0. The summed E-state index contributed by atoms with van der Waals surface area (Å²) in [6.45, 7) is 1.93. The minimum absolute atomic E-state index is 0.0276. The van der Waals surface area contributed by atoms with Gasteiger partial charge in [0, 0.05) is 55.8 Å². The Morgan fingerprint density at radius 1 is 1.00 bits per heavy atom. The first-order valence-electron chi connectivity index (χ1n) is 14.8. The Hall–Kier alpha value is -4.49. The topological polar surface area (TPSA) is 104 Å². The molecule has 0 bridgehead atoms. The molecule has 1 unspecified atom stereocenters. The number of nitrogens with zero attached hydrogens (tertiary/aromatic N) is 4. The maximum atomic E-state index is 15.1. The maximum Gasteiger partial charge on any atom is 0.272 e. The van der Waals surface area contributed by atoms with Gasteiger partial charge in [-0.2, -0.15) is 5.26 Å². The highest BCUT2D eigenvalue weighted by Crippen LogP contribution is 2.27. The second kappa shape index (κ2) is 13.9. The lowest BCUT2D eigenvalue weighted by atomic mass is 9.88. The number of carbonyl (C=O) groups excluding carboxylic acids is 3. The van der Waals surface area contributed by atoms with Gasteiger partial charge in [0.05, 0.1) is 12.7 Å². The fourth-order valence-corrected chi connectivity index (χ4v) is 5.93. The van der Waals surface area contributed by atoms with Crippen LogP contribution in [0.15, 0.2) is 60.8 Å². The first-order chi connectivity index (χ1) is 21.2. The number of alkyl halides is 1. The molecule has 0 spiro atoms. The van der Waals surface area contributed by atoms with Crippen LogP contribution in [0.1, 0.15) is 68.0 Å². The maximum absolute atomic E-state index is 15.1. The van der Waals surface area contributed by atoms with Gasteiger partial charge in [-0.05, 0) is 85.8 Å². The molecule has 3 heterocycles. The Kier molecular flexibility index (Phi) is 9.75. The van der Waals surface area contributed by atoms with E-state index in [-0.39, 0.29) is 47.6 Å². The summed E-state index contributed by atoms with van der Waals surface area (Å²) in [7, 11) is 1.57. The summed E-state index contributed by atoms with van der Waals surface area (Å²) in [6.07, 6.45) is 1.78. The average molecular weight is 601 g/mol. The molecule has 2 fully saturated rings. The molecule has 2 aliphatic heterocycles. The lowest BCUT2D eigenvalue weighted by Crippen LogP contribution is -2.42. The van der Waals surface area contributed by atoms with Gasteiger partial charge in [-0.3, -0.25) is 24.3 Å². The Morgan fingerprint density at radius 3 is 2.34 bits per heavy atom. The fourth-order valence-electron chi connectivity index (χ4n) is 5.93. The Labute approximate surface area is 255 Å². The number of aromatic nitrogens is 1. The highest BCUT2D eigenvalue weighted by Gasteiger charge is 2.32. The molecule has 0 saturated carbocycles. The van der Waals surface area contributed by atoms with Gasteiger partial charge in [0.25, 0.3) is 5.91 Å². The van der Waals surface area contributed by atoms with Crippen LogP contribution in [0, 0.1) is 29.0 Å². The molecule has 0 aliphatic carbocycles. The Balaban J connectivity index is 1.09. The molecule has 0 N–H and O–H groups in total. The molecule has 2 aliphatic rings. The van der Waals surface area contributed by atoms with Crippen LogP contribution in [0.2, 0.25) is 0 Å². The van der Waals surface area contributed by atoms with Crippen LogP contribution in [0.25, 0.3) is 0 Å². The summed E-state index contributed by atoms with van der Waals surface area (Å²) in [6, 6.07) is 16.3.